The Labute approximate surface area is 119 Å². The highest BCUT2D eigenvalue weighted by Gasteiger charge is 2.20. The van der Waals surface area contributed by atoms with Gasteiger partial charge in [-0.05, 0) is 25.8 Å². The van der Waals surface area contributed by atoms with E-state index in [1.165, 1.54) is 5.56 Å². The number of nitrogens with two attached hydrogens (primary N) is 1. The number of rotatable bonds is 4. The normalized spacial score (nSPS) is 10.6. The first-order valence-electron chi connectivity index (χ1n) is 6.82. The fourth-order valence-corrected chi connectivity index (χ4v) is 2.25. The van der Waals surface area contributed by atoms with Crippen molar-refractivity contribution in [2.24, 2.45) is 0 Å². The minimum Gasteiger partial charge on any atom is -0.462 e. The number of carbonyl (C=O) groups excluding carboxylic acids is 1. The van der Waals surface area contributed by atoms with E-state index in [1.807, 2.05) is 19.1 Å². The number of H-pyrrole nitrogens is 1. The molecule has 0 bridgehead atoms. The first-order valence-corrected chi connectivity index (χ1v) is 6.82. The lowest BCUT2D eigenvalue weighted by atomic mass is 10.1. The number of nitrogens with one attached hydrogen (secondary N) is 1. The van der Waals surface area contributed by atoms with Crippen molar-refractivity contribution < 1.29 is 9.53 Å². The second-order valence-corrected chi connectivity index (χ2v) is 4.68. The van der Waals surface area contributed by atoms with Crippen molar-refractivity contribution in [1.29, 1.82) is 0 Å². The first kappa shape index (κ1) is 14.2. The number of hydrogen-bond donors (Lipinski definition) is 2. The Hall–Kier alpha value is -2.23. The zero-order chi connectivity index (χ0) is 14.7. The van der Waals surface area contributed by atoms with Crippen LogP contribution in [0.5, 0.6) is 0 Å². The number of hydrogen-bond acceptors (Lipinski definition) is 3. The van der Waals surface area contributed by atoms with Crippen LogP contribution >= 0.6 is 0 Å². The second kappa shape index (κ2) is 5.82. The van der Waals surface area contributed by atoms with E-state index in [0.717, 1.165) is 23.4 Å². The number of benzene rings is 1. The molecule has 0 aliphatic heterocycles. The Kier molecular flexibility index (Phi) is 4.13. The summed E-state index contributed by atoms with van der Waals surface area (Å²) >= 11 is 0. The lowest BCUT2D eigenvalue weighted by Crippen LogP contribution is -2.07. The molecule has 0 saturated heterocycles. The smallest absolute Gasteiger partial charge is 0.342 e. The Morgan fingerprint density at radius 2 is 1.90 bits per heavy atom. The summed E-state index contributed by atoms with van der Waals surface area (Å²) in [5.74, 6) is -0.379. The SMILES string of the molecule is CCOC(=O)c1c(C)[nH]c(-c2ccc(CC)cc2)c1N. The third-order valence-corrected chi connectivity index (χ3v) is 3.36. The van der Waals surface area contributed by atoms with Crippen molar-refractivity contribution >= 4 is 11.7 Å². The molecule has 0 unspecified atom stereocenters. The van der Waals surface area contributed by atoms with Crippen LogP contribution in [0.2, 0.25) is 0 Å². The largest absolute Gasteiger partial charge is 0.462 e. The number of ether oxygens (including phenoxy) is 1. The van der Waals surface area contributed by atoms with Crippen molar-refractivity contribution in [1.82, 2.24) is 4.98 Å². The monoisotopic (exact) mass is 272 g/mol. The second-order valence-electron chi connectivity index (χ2n) is 4.68. The van der Waals surface area contributed by atoms with Crippen LogP contribution in [0.15, 0.2) is 24.3 Å². The van der Waals surface area contributed by atoms with Gasteiger partial charge in [0, 0.05) is 11.3 Å². The molecule has 4 heteroatoms. The highest BCUT2D eigenvalue weighted by atomic mass is 16.5. The summed E-state index contributed by atoms with van der Waals surface area (Å²) in [6.07, 6.45) is 0.994. The van der Waals surface area contributed by atoms with Crippen LogP contribution in [-0.2, 0) is 11.2 Å². The molecule has 3 N–H and O–H groups in total. The number of aromatic amines is 1. The van der Waals surface area contributed by atoms with E-state index in [0.29, 0.717) is 17.9 Å². The van der Waals surface area contributed by atoms with Gasteiger partial charge in [0.05, 0.1) is 18.0 Å². The molecule has 0 atom stereocenters. The molecule has 0 saturated carbocycles. The van der Waals surface area contributed by atoms with Gasteiger partial charge in [-0.15, -0.1) is 0 Å². The van der Waals surface area contributed by atoms with Gasteiger partial charge in [0.15, 0.2) is 0 Å². The van der Waals surface area contributed by atoms with E-state index in [9.17, 15) is 4.79 Å². The Balaban J connectivity index is 2.42. The molecule has 0 amide bonds. The molecule has 0 radical (unpaired) electrons. The van der Waals surface area contributed by atoms with Gasteiger partial charge in [-0.3, -0.25) is 0 Å². The summed E-state index contributed by atoms with van der Waals surface area (Å²) in [6, 6.07) is 8.15. The average Bonchev–Trinajstić information content (AvgIpc) is 2.74. The standard InChI is InChI=1S/C16H20N2O2/c1-4-11-6-8-12(9-7-11)15-14(17)13(10(3)18-15)16(19)20-5-2/h6-9,18H,4-5,17H2,1-3H3. The number of anilines is 1. The highest BCUT2D eigenvalue weighted by Crippen LogP contribution is 2.31. The van der Waals surface area contributed by atoms with Crippen LogP contribution in [0.1, 0.15) is 35.5 Å². The Bertz CT molecular complexity index is 612. The zero-order valence-corrected chi connectivity index (χ0v) is 12.1. The fraction of sp³-hybridized carbons (Fsp3) is 0.312. The van der Waals surface area contributed by atoms with Gasteiger partial charge in [0.2, 0.25) is 0 Å². The molecule has 2 rings (SSSR count). The van der Waals surface area contributed by atoms with Crippen LogP contribution in [0, 0.1) is 6.92 Å². The summed E-state index contributed by atoms with van der Waals surface area (Å²) in [6.45, 7) is 6.05. The van der Waals surface area contributed by atoms with E-state index in [4.69, 9.17) is 10.5 Å². The van der Waals surface area contributed by atoms with Crippen molar-refractivity contribution in [3.63, 3.8) is 0 Å². The summed E-state index contributed by atoms with van der Waals surface area (Å²) < 4.78 is 5.04. The van der Waals surface area contributed by atoms with Crippen LogP contribution in [0.3, 0.4) is 0 Å². The van der Waals surface area contributed by atoms with Gasteiger partial charge in [0.25, 0.3) is 0 Å². The predicted molar refractivity (Wildman–Crippen MR) is 80.7 cm³/mol. The number of esters is 1. The molecule has 1 aromatic carbocycles. The molecule has 0 spiro atoms. The fourth-order valence-electron chi connectivity index (χ4n) is 2.25. The first-order chi connectivity index (χ1) is 9.58. The molecule has 106 valence electrons. The van der Waals surface area contributed by atoms with Crippen molar-refractivity contribution in [2.75, 3.05) is 12.3 Å². The van der Waals surface area contributed by atoms with Crippen LogP contribution in [0.25, 0.3) is 11.3 Å². The van der Waals surface area contributed by atoms with Gasteiger partial charge >= 0.3 is 5.97 Å². The van der Waals surface area contributed by atoms with Crippen molar-refractivity contribution in [3.8, 4) is 11.3 Å². The summed E-state index contributed by atoms with van der Waals surface area (Å²) in [4.78, 5) is 15.1. The minimum absolute atomic E-state index is 0.337. The molecule has 1 aromatic heterocycles. The van der Waals surface area contributed by atoms with Crippen LogP contribution in [0.4, 0.5) is 5.69 Å². The number of carbonyl (C=O) groups is 1. The maximum atomic E-state index is 11.9. The molecule has 0 aliphatic rings. The Morgan fingerprint density at radius 1 is 1.25 bits per heavy atom. The number of aryl methyl sites for hydroxylation is 2. The van der Waals surface area contributed by atoms with Crippen LogP contribution in [-0.4, -0.2) is 17.6 Å². The maximum Gasteiger partial charge on any atom is 0.342 e. The third kappa shape index (κ3) is 2.54. The molecule has 4 nitrogen and oxygen atoms in total. The number of aromatic nitrogens is 1. The number of nitrogen functional groups attached to an aromatic ring is 1. The van der Waals surface area contributed by atoms with Crippen molar-refractivity contribution in [2.45, 2.75) is 27.2 Å². The predicted octanol–water partition coefficient (Wildman–Crippen LogP) is 3.31. The topological polar surface area (TPSA) is 68.1 Å². The van der Waals surface area contributed by atoms with Gasteiger partial charge < -0.3 is 15.5 Å². The quantitative estimate of drug-likeness (QED) is 0.839. The van der Waals surface area contributed by atoms with E-state index in [-0.39, 0.29) is 5.97 Å². The van der Waals surface area contributed by atoms with Gasteiger partial charge in [-0.25, -0.2) is 4.79 Å². The maximum absolute atomic E-state index is 11.9. The summed E-state index contributed by atoms with van der Waals surface area (Å²) in [5.41, 5.74) is 10.7. The average molecular weight is 272 g/mol. The molecular weight excluding hydrogens is 252 g/mol. The zero-order valence-electron chi connectivity index (χ0n) is 12.1. The molecule has 0 fully saturated rings. The van der Waals surface area contributed by atoms with E-state index < -0.39 is 0 Å². The van der Waals surface area contributed by atoms with Gasteiger partial charge in [-0.1, -0.05) is 31.2 Å². The van der Waals surface area contributed by atoms with Crippen LogP contribution < -0.4 is 5.73 Å². The molecule has 2 aromatic rings. The molecule has 0 aliphatic carbocycles. The summed E-state index contributed by atoms with van der Waals surface area (Å²) in [7, 11) is 0. The van der Waals surface area contributed by atoms with E-state index >= 15 is 0 Å². The van der Waals surface area contributed by atoms with Gasteiger partial charge in [0.1, 0.15) is 5.56 Å². The molecule has 1 heterocycles. The lowest BCUT2D eigenvalue weighted by molar-refractivity contribution is 0.0527. The Morgan fingerprint density at radius 3 is 2.45 bits per heavy atom. The highest BCUT2D eigenvalue weighted by molar-refractivity contribution is 6.00. The lowest BCUT2D eigenvalue weighted by Gasteiger charge is -2.04. The molecule has 20 heavy (non-hydrogen) atoms. The van der Waals surface area contributed by atoms with Crippen molar-refractivity contribution in [3.05, 3.63) is 41.1 Å². The van der Waals surface area contributed by atoms with Gasteiger partial charge in [-0.2, -0.15) is 0 Å². The summed E-state index contributed by atoms with van der Waals surface area (Å²) in [5, 5.41) is 0. The molecular formula is C16H20N2O2. The van der Waals surface area contributed by atoms with E-state index in [1.54, 1.807) is 6.92 Å². The van der Waals surface area contributed by atoms with E-state index in [2.05, 4.69) is 24.0 Å². The third-order valence-electron chi connectivity index (χ3n) is 3.36. The minimum atomic E-state index is -0.379.